The van der Waals surface area contributed by atoms with Crippen molar-refractivity contribution in [3.8, 4) is 0 Å². The number of rotatable bonds is 7. The van der Waals surface area contributed by atoms with Crippen LogP contribution >= 0.6 is 24.0 Å². The first-order valence-electron chi connectivity index (χ1n) is 8.77. The van der Waals surface area contributed by atoms with Crippen LogP contribution in [0.1, 0.15) is 20.3 Å². The summed E-state index contributed by atoms with van der Waals surface area (Å²) in [6.07, 6.45) is 0.982. The Hall–Kier alpha value is -1.16. The molecule has 1 aromatic rings. The number of halogens is 3. The molecule has 0 aromatic heterocycles. The molecule has 1 aliphatic rings. The maximum Gasteiger partial charge on any atom is 0.191 e. The molecular weight excluding hydrogens is 453 g/mol. The monoisotopic (exact) mass is 482 g/mol. The van der Waals surface area contributed by atoms with Crippen LogP contribution in [0.2, 0.25) is 0 Å². The third kappa shape index (κ3) is 6.86. The summed E-state index contributed by atoms with van der Waals surface area (Å²) in [6.45, 7) is 7.77. The minimum atomic E-state index is -0.810. The lowest BCUT2D eigenvalue weighted by Gasteiger charge is -2.19. The van der Waals surface area contributed by atoms with Crippen molar-refractivity contribution in [3.05, 3.63) is 29.8 Å². The quantitative estimate of drug-likeness (QED) is 0.357. The number of anilines is 1. The summed E-state index contributed by atoms with van der Waals surface area (Å²) in [5.74, 6) is -0.444. The predicted molar refractivity (Wildman–Crippen MR) is 113 cm³/mol. The van der Waals surface area contributed by atoms with E-state index in [0.29, 0.717) is 19.1 Å². The van der Waals surface area contributed by atoms with E-state index in [0.717, 1.165) is 37.7 Å². The number of nitrogens with one attached hydrogen (secondary N) is 2. The molecule has 2 N–H and O–H groups in total. The average Bonchev–Trinajstić information content (AvgIpc) is 3.04. The lowest BCUT2D eigenvalue weighted by Crippen LogP contribution is -2.44. The van der Waals surface area contributed by atoms with Gasteiger partial charge in [0.05, 0.1) is 6.61 Å². The fourth-order valence-corrected chi connectivity index (χ4v) is 2.96. The van der Waals surface area contributed by atoms with E-state index in [-0.39, 0.29) is 30.0 Å². The molecular formula is C18H29F2IN4O. The van der Waals surface area contributed by atoms with E-state index in [1.54, 1.807) is 13.2 Å². The summed E-state index contributed by atoms with van der Waals surface area (Å²) in [4.78, 5) is 6.74. The second-order valence-corrected chi connectivity index (χ2v) is 6.42. The van der Waals surface area contributed by atoms with Crippen molar-refractivity contribution in [1.29, 1.82) is 0 Å². The second-order valence-electron chi connectivity index (χ2n) is 6.42. The van der Waals surface area contributed by atoms with Crippen molar-refractivity contribution in [2.45, 2.75) is 26.3 Å². The van der Waals surface area contributed by atoms with E-state index < -0.39 is 11.6 Å². The summed E-state index contributed by atoms with van der Waals surface area (Å²) in [5.41, 5.74) is 0.726. The molecule has 0 amide bonds. The van der Waals surface area contributed by atoms with Crippen molar-refractivity contribution < 1.29 is 13.5 Å². The number of hydrogen-bond donors (Lipinski definition) is 2. The number of guanidine groups is 1. The van der Waals surface area contributed by atoms with Crippen LogP contribution in [0.5, 0.6) is 0 Å². The van der Waals surface area contributed by atoms with Gasteiger partial charge in [-0.3, -0.25) is 4.99 Å². The van der Waals surface area contributed by atoms with Crippen LogP contribution in [-0.4, -0.2) is 51.9 Å². The van der Waals surface area contributed by atoms with Gasteiger partial charge in [0.15, 0.2) is 17.6 Å². The van der Waals surface area contributed by atoms with Crippen LogP contribution in [0.4, 0.5) is 14.5 Å². The Bertz CT molecular complexity index is 588. The third-order valence-corrected chi connectivity index (χ3v) is 4.21. The van der Waals surface area contributed by atoms with E-state index in [2.05, 4.69) is 20.5 Å². The molecule has 1 saturated heterocycles. The summed E-state index contributed by atoms with van der Waals surface area (Å²) in [5, 5.41) is 6.54. The maximum absolute atomic E-state index is 13.4. The summed E-state index contributed by atoms with van der Waals surface area (Å²) in [6, 6.07) is 4.24. The highest BCUT2D eigenvalue weighted by molar-refractivity contribution is 14.0. The minimum absolute atomic E-state index is 0. The molecule has 0 radical (unpaired) electrons. The number of nitrogens with zero attached hydrogens (tertiary/aromatic N) is 2. The van der Waals surface area contributed by atoms with Gasteiger partial charge >= 0.3 is 0 Å². The number of ether oxygens (including phenoxy) is 1. The maximum atomic E-state index is 13.4. The molecule has 8 heteroatoms. The van der Waals surface area contributed by atoms with E-state index >= 15 is 0 Å². The first kappa shape index (κ1) is 22.9. The van der Waals surface area contributed by atoms with Crippen LogP contribution in [-0.2, 0) is 4.74 Å². The average molecular weight is 482 g/mol. The molecule has 1 aliphatic heterocycles. The minimum Gasteiger partial charge on any atom is -0.383 e. The first-order chi connectivity index (χ1) is 12.0. The van der Waals surface area contributed by atoms with Gasteiger partial charge in [-0.25, -0.2) is 8.78 Å². The second kappa shape index (κ2) is 11.5. The molecule has 26 heavy (non-hydrogen) atoms. The van der Waals surface area contributed by atoms with Crippen LogP contribution < -0.4 is 15.5 Å². The van der Waals surface area contributed by atoms with Gasteiger partial charge in [-0.15, -0.1) is 24.0 Å². The lowest BCUT2D eigenvalue weighted by molar-refractivity contribution is 0.179. The fraction of sp³-hybridized carbons (Fsp3) is 0.611. The Balaban J connectivity index is 0.00000338. The molecule has 2 rings (SSSR count). The van der Waals surface area contributed by atoms with Gasteiger partial charge in [-0.2, -0.15) is 0 Å². The van der Waals surface area contributed by atoms with Crippen LogP contribution in [0, 0.1) is 17.6 Å². The Labute approximate surface area is 171 Å². The van der Waals surface area contributed by atoms with Crippen LogP contribution in [0.15, 0.2) is 23.2 Å². The molecule has 1 aromatic carbocycles. The Kier molecular flexibility index (Phi) is 10.1. The lowest BCUT2D eigenvalue weighted by atomic mass is 10.1. The molecule has 2 atom stereocenters. The van der Waals surface area contributed by atoms with Gasteiger partial charge < -0.3 is 20.3 Å². The highest BCUT2D eigenvalue weighted by atomic mass is 127. The molecule has 1 heterocycles. The summed E-state index contributed by atoms with van der Waals surface area (Å²) < 4.78 is 31.6. The Morgan fingerprint density at radius 1 is 1.38 bits per heavy atom. The van der Waals surface area contributed by atoms with E-state index in [1.807, 2.05) is 13.8 Å². The standard InChI is InChI=1S/C18H28F2N4O.HI/c1-4-21-18(23-13(2)12-25-3)22-10-14-7-8-24(11-14)15-5-6-16(19)17(20)9-15;/h5-6,9,13-14H,4,7-8,10-12H2,1-3H3,(H2,21,22,23);1H. The van der Waals surface area contributed by atoms with Crippen molar-refractivity contribution in [2.75, 3.05) is 44.8 Å². The largest absolute Gasteiger partial charge is 0.383 e. The highest BCUT2D eigenvalue weighted by Crippen LogP contribution is 2.25. The van der Waals surface area contributed by atoms with Crippen molar-refractivity contribution in [2.24, 2.45) is 10.9 Å². The van der Waals surface area contributed by atoms with Crippen molar-refractivity contribution >= 4 is 35.6 Å². The normalized spacial score (nSPS) is 18.4. The van der Waals surface area contributed by atoms with E-state index in [9.17, 15) is 8.78 Å². The molecule has 1 fully saturated rings. The number of benzene rings is 1. The highest BCUT2D eigenvalue weighted by Gasteiger charge is 2.23. The molecule has 148 valence electrons. The SMILES string of the molecule is CCNC(=NCC1CCN(c2ccc(F)c(F)c2)C1)NC(C)COC.I. The Morgan fingerprint density at radius 3 is 2.81 bits per heavy atom. The predicted octanol–water partition coefficient (Wildman–Crippen LogP) is 3.00. The molecule has 2 unspecified atom stereocenters. The number of hydrogen-bond acceptors (Lipinski definition) is 3. The molecule has 0 aliphatic carbocycles. The van der Waals surface area contributed by atoms with Crippen molar-refractivity contribution in [1.82, 2.24) is 10.6 Å². The molecule has 0 saturated carbocycles. The molecule has 0 bridgehead atoms. The zero-order valence-electron chi connectivity index (χ0n) is 15.6. The van der Waals surface area contributed by atoms with Gasteiger partial charge in [0.25, 0.3) is 0 Å². The zero-order chi connectivity index (χ0) is 18.2. The number of methoxy groups -OCH3 is 1. The molecule has 0 spiro atoms. The summed E-state index contributed by atoms with van der Waals surface area (Å²) >= 11 is 0. The number of aliphatic imine (C=N–C) groups is 1. The van der Waals surface area contributed by atoms with Gasteiger partial charge in [0, 0.05) is 51.1 Å². The first-order valence-corrected chi connectivity index (χ1v) is 8.77. The van der Waals surface area contributed by atoms with Crippen LogP contribution in [0.3, 0.4) is 0 Å². The van der Waals surface area contributed by atoms with Crippen molar-refractivity contribution in [3.63, 3.8) is 0 Å². The molecule has 5 nitrogen and oxygen atoms in total. The van der Waals surface area contributed by atoms with Crippen LogP contribution in [0.25, 0.3) is 0 Å². The van der Waals surface area contributed by atoms with E-state index in [1.165, 1.54) is 12.1 Å². The van der Waals surface area contributed by atoms with Gasteiger partial charge in [-0.05, 0) is 38.3 Å². The van der Waals surface area contributed by atoms with E-state index in [4.69, 9.17) is 4.74 Å². The van der Waals surface area contributed by atoms with Gasteiger partial charge in [0.2, 0.25) is 0 Å². The third-order valence-electron chi connectivity index (χ3n) is 4.21. The smallest absolute Gasteiger partial charge is 0.191 e. The summed E-state index contributed by atoms with van der Waals surface area (Å²) in [7, 11) is 1.67. The fourth-order valence-electron chi connectivity index (χ4n) is 2.96. The topological polar surface area (TPSA) is 48.9 Å². The van der Waals surface area contributed by atoms with Gasteiger partial charge in [0.1, 0.15) is 0 Å². The van der Waals surface area contributed by atoms with Gasteiger partial charge in [-0.1, -0.05) is 0 Å². The zero-order valence-corrected chi connectivity index (χ0v) is 17.9. The Morgan fingerprint density at radius 2 is 2.15 bits per heavy atom.